The SMILES string of the molecule is C=CCP(=O)(CC=C)C(CCC(=O)N(C(=O)OCOC(=O)CC)[C@@H](CCCCN)C(=O)O)P(=O)(CC=C)CC=C. The molecule has 0 rings (SSSR count). The number of imide groups is 1. The van der Waals surface area contributed by atoms with Crippen molar-refractivity contribution in [3.63, 3.8) is 0 Å². The minimum atomic E-state index is -3.29. The summed E-state index contributed by atoms with van der Waals surface area (Å²) in [6, 6.07) is -1.59. The van der Waals surface area contributed by atoms with Gasteiger partial charge in [0.25, 0.3) is 0 Å². The summed E-state index contributed by atoms with van der Waals surface area (Å²) >= 11 is 0. The molecule has 11 nitrogen and oxygen atoms in total. The van der Waals surface area contributed by atoms with Crippen LogP contribution in [0.4, 0.5) is 4.79 Å². The number of nitrogens with two attached hydrogens (primary N) is 1. The van der Waals surface area contributed by atoms with Gasteiger partial charge in [0.05, 0.1) is 5.40 Å². The number of carbonyl (C=O) groups excluding carboxylic acids is 3. The lowest BCUT2D eigenvalue weighted by Gasteiger charge is -2.33. The van der Waals surface area contributed by atoms with Crippen LogP contribution >= 0.6 is 14.3 Å². The Hall–Kier alpha value is -2.74. The Labute approximate surface area is 237 Å². The molecule has 13 heteroatoms. The molecule has 40 heavy (non-hydrogen) atoms. The van der Waals surface area contributed by atoms with Crippen LogP contribution in [0.5, 0.6) is 0 Å². The highest BCUT2D eigenvalue weighted by atomic mass is 31.2. The zero-order chi connectivity index (χ0) is 30.8. The summed E-state index contributed by atoms with van der Waals surface area (Å²) in [5.41, 5.74) is 5.51. The van der Waals surface area contributed by atoms with Crippen molar-refractivity contribution in [2.24, 2.45) is 5.73 Å². The fourth-order valence-electron chi connectivity index (χ4n) is 4.30. The van der Waals surface area contributed by atoms with Gasteiger partial charge in [0.2, 0.25) is 12.7 Å². The molecule has 226 valence electrons. The predicted octanol–water partition coefficient (Wildman–Crippen LogP) is 5.02. The van der Waals surface area contributed by atoms with Gasteiger partial charge in [0.15, 0.2) is 0 Å². The van der Waals surface area contributed by atoms with E-state index in [0.29, 0.717) is 17.7 Å². The topological polar surface area (TPSA) is 170 Å². The molecule has 0 aromatic rings. The molecule has 3 N–H and O–H groups in total. The normalized spacial score (nSPS) is 12.2. The van der Waals surface area contributed by atoms with Gasteiger partial charge < -0.3 is 29.4 Å². The number of rotatable bonds is 22. The lowest BCUT2D eigenvalue weighted by atomic mass is 10.1. The van der Waals surface area contributed by atoms with E-state index in [0.717, 1.165) is 0 Å². The predicted molar refractivity (Wildman–Crippen MR) is 157 cm³/mol. The largest absolute Gasteiger partial charge is 0.480 e. The first-order chi connectivity index (χ1) is 18.9. The Morgan fingerprint density at radius 1 is 0.875 bits per heavy atom. The third-order valence-corrected chi connectivity index (χ3v) is 14.9. The molecule has 1 atom stereocenters. The standard InChI is InChI=1S/C27H44N2O9P2/c1-6-17-39(35,18-7-2)25(40(36,19-8-3)20-9-4)15-14-23(30)29(22(26(32)33)13-11-12-16-28)27(34)38-21-37-24(31)10-5/h6-9,22,25H,1-4,10-21,28H2,5H3,(H,32,33)/t22-/m0/s1. The maximum Gasteiger partial charge on any atom is 0.420 e. The summed E-state index contributed by atoms with van der Waals surface area (Å²) in [5.74, 6) is -3.03. The van der Waals surface area contributed by atoms with Crippen LogP contribution in [-0.4, -0.2) is 83.4 Å². The highest BCUT2D eigenvalue weighted by Gasteiger charge is 2.44. The second-order valence-corrected chi connectivity index (χ2v) is 16.0. The molecule has 0 radical (unpaired) electrons. The Bertz CT molecular complexity index is 946. The van der Waals surface area contributed by atoms with Gasteiger partial charge in [-0.05, 0) is 32.2 Å². The molecule has 0 spiro atoms. The lowest BCUT2D eigenvalue weighted by Crippen LogP contribution is -2.49. The number of ether oxygens (including phenoxy) is 2. The Balaban J connectivity index is 6.41. The van der Waals surface area contributed by atoms with Gasteiger partial charge in [-0.1, -0.05) is 31.2 Å². The molecular weight excluding hydrogens is 558 g/mol. The third kappa shape index (κ3) is 11.8. The van der Waals surface area contributed by atoms with Gasteiger partial charge >= 0.3 is 18.0 Å². The van der Waals surface area contributed by atoms with E-state index < -0.39 is 62.9 Å². The molecule has 0 aliphatic rings. The molecule has 0 fully saturated rings. The second-order valence-electron chi connectivity index (χ2n) is 9.11. The van der Waals surface area contributed by atoms with Crippen molar-refractivity contribution in [3.8, 4) is 0 Å². The smallest absolute Gasteiger partial charge is 0.420 e. The minimum Gasteiger partial charge on any atom is -0.480 e. The van der Waals surface area contributed by atoms with Crippen LogP contribution in [0.2, 0.25) is 0 Å². The van der Waals surface area contributed by atoms with Gasteiger partial charge in [-0.2, -0.15) is 0 Å². The average molecular weight is 603 g/mol. The van der Waals surface area contributed by atoms with Gasteiger partial charge in [-0.15, -0.1) is 26.3 Å². The number of aliphatic carboxylic acids is 1. The van der Waals surface area contributed by atoms with Gasteiger partial charge in [0.1, 0.15) is 20.3 Å². The number of nitrogens with zero attached hydrogens (tertiary/aromatic N) is 1. The lowest BCUT2D eigenvalue weighted by molar-refractivity contribution is -0.155. The Morgan fingerprint density at radius 2 is 1.38 bits per heavy atom. The first-order valence-corrected chi connectivity index (χ1v) is 17.4. The van der Waals surface area contributed by atoms with Crippen LogP contribution in [0.25, 0.3) is 0 Å². The molecule has 0 aromatic heterocycles. The zero-order valence-electron chi connectivity index (χ0n) is 23.4. The molecule has 0 bridgehead atoms. The summed E-state index contributed by atoms with van der Waals surface area (Å²) in [6.07, 6.45) is 4.77. The third-order valence-electron chi connectivity index (χ3n) is 6.14. The van der Waals surface area contributed by atoms with E-state index in [2.05, 4.69) is 26.3 Å². The van der Waals surface area contributed by atoms with Crippen LogP contribution < -0.4 is 5.73 Å². The number of hydrogen-bond acceptors (Lipinski definition) is 9. The second kappa shape index (κ2) is 19.4. The van der Waals surface area contributed by atoms with Crippen molar-refractivity contribution in [3.05, 3.63) is 50.6 Å². The average Bonchev–Trinajstić information content (AvgIpc) is 2.88. The van der Waals surface area contributed by atoms with Crippen molar-refractivity contribution in [2.75, 3.05) is 38.0 Å². The minimum absolute atomic E-state index is 0.0172. The van der Waals surface area contributed by atoms with E-state index >= 15 is 0 Å². The van der Waals surface area contributed by atoms with Crippen molar-refractivity contribution in [1.29, 1.82) is 0 Å². The van der Waals surface area contributed by atoms with E-state index in [4.69, 9.17) is 15.2 Å². The first kappa shape index (κ1) is 37.3. The molecule has 0 aliphatic carbocycles. The van der Waals surface area contributed by atoms with Crippen molar-refractivity contribution in [1.82, 2.24) is 4.90 Å². The molecule has 0 aromatic carbocycles. The van der Waals surface area contributed by atoms with Crippen molar-refractivity contribution < 1.29 is 42.9 Å². The number of unbranched alkanes of at least 4 members (excludes halogenated alkanes) is 1. The van der Waals surface area contributed by atoms with Crippen LogP contribution in [0.3, 0.4) is 0 Å². The summed E-state index contributed by atoms with van der Waals surface area (Å²) in [5, 5.41) is 8.90. The van der Waals surface area contributed by atoms with Crippen LogP contribution in [0.15, 0.2) is 50.6 Å². The molecule has 0 saturated carbocycles. The zero-order valence-corrected chi connectivity index (χ0v) is 25.2. The number of hydrogen-bond donors (Lipinski definition) is 2. The number of carboxylic acid groups (broad SMARTS) is 1. The van der Waals surface area contributed by atoms with Crippen molar-refractivity contribution >= 4 is 38.2 Å². The fraction of sp³-hybridized carbons (Fsp3) is 0.556. The molecular formula is C27H44N2O9P2. The number of esters is 1. The molecule has 0 unspecified atom stereocenters. The van der Waals surface area contributed by atoms with E-state index in [1.807, 2.05) is 0 Å². The summed E-state index contributed by atoms with van der Waals surface area (Å²) < 4.78 is 37.9. The maximum atomic E-state index is 14.1. The van der Waals surface area contributed by atoms with Crippen LogP contribution in [-0.2, 0) is 33.0 Å². The Morgan fingerprint density at radius 3 is 1.77 bits per heavy atom. The van der Waals surface area contributed by atoms with Gasteiger partial charge in [-0.3, -0.25) is 9.59 Å². The molecule has 2 amide bonds. The highest BCUT2D eigenvalue weighted by molar-refractivity contribution is 7.82. The summed E-state index contributed by atoms with van der Waals surface area (Å²) in [7, 11) is -6.57. The highest BCUT2D eigenvalue weighted by Crippen LogP contribution is 2.69. The molecule has 0 saturated heterocycles. The van der Waals surface area contributed by atoms with Gasteiger partial charge in [-0.25, -0.2) is 14.5 Å². The summed E-state index contributed by atoms with van der Waals surface area (Å²) in [6.45, 7) is 15.7. The first-order valence-electron chi connectivity index (χ1n) is 13.1. The van der Waals surface area contributed by atoms with Crippen molar-refractivity contribution in [2.45, 2.75) is 56.9 Å². The number of allylic oxidation sites excluding steroid dienone is 4. The van der Waals surface area contributed by atoms with E-state index in [1.54, 1.807) is 0 Å². The van der Waals surface area contributed by atoms with E-state index in [9.17, 15) is 33.4 Å². The van der Waals surface area contributed by atoms with E-state index in [1.165, 1.54) is 31.2 Å². The van der Waals surface area contributed by atoms with Crippen LogP contribution in [0.1, 0.15) is 45.4 Å². The molecule has 0 aliphatic heterocycles. The quantitative estimate of drug-likeness (QED) is 0.0564. The maximum absolute atomic E-state index is 14.1. The van der Waals surface area contributed by atoms with Crippen LogP contribution in [0, 0.1) is 0 Å². The molecule has 0 heterocycles. The number of carbonyl (C=O) groups is 4. The number of carboxylic acids is 1. The summed E-state index contributed by atoms with van der Waals surface area (Å²) in [4.78, 5) is 50.4. The van der Waals surface area contributed by atoms with E-state index in [-0.39, 0.29) is 50.5 Å². The number of amides is 2. The monoisotopic (exact) mass is 602 g/mol. The Kier molecular flexibility index (Phi) is 18.0. The fourth-order valence-corrected chi connectivity index (χ4v) is 12.7. The van der Waals surface area contributed by atoms with Gasteiger partial charge in [0, 0.05) is 37.5 Å².